The second-order valence-corrected chi connectivity index (χ2v) is 6.85. The first kappa shape index (κ1) is 13.8. The maximum atomic E-state index is 12.5. The van der Waals surface area contributed by atoms with Gasteiger partial charge in [-0.25, -0.2) is 0 Å². The Kier molecular flexibility index (Phi) is 3.41. The van der Waals surface area contributed by atoms with Crippen molar-refractivity contribution in [2.45, 2.75) is 51.1 Å². The van der Waals surface area contributed by atoms with Gasteiger partial charge in [0.2, 0.25) is 5.91 Å². The molecule has 1 saturated heterocycles. The number of aryl methyl sites for hydroxylation is 1. The van der Waals surface area contributed by atoms with Crippen LogP contribution in [0.5, 0.6) is 0 Å². The number of benzene rings is 1. The molecule has 116 valence electrons. The number of carbonyl (C=O) groups excluding carboxylic acids is 1. The Morgan fingerprint density at radius 2 is 2.09 bits per heavy atom. The number of carbonyl (C=O) groups is 1. The van der Waals surface area contributed by atoms with Crippen LogP contribution in [-0.2, 0) is 4.79 Å². The lowest BCUT2D eigenvalue weighted by atomic mass is 9.85. The van der Waals surface area contributed by atoms with Crippen molar-refractivity contribution in [3.05, 3.63) is 30.0 Å². The van der Waals surface area contributed by atoms with Gasteiger partial charge in [-0.05, 0) is 56.4 Å². The molecule has 22 heavy (non-hydrogen) atoms. The van der Waals surface area contributed by atoms with Crippen molar-refractivity contribution in [3.63, 3.8) is 0 Å². The number of fused-ring (bicyclic) bond motifs is 2. The number of hydrogen-bond donors (Lipinski definition) is 3. The van der Waals surface area contributed by atoms with E-state index in [0.717, 1.165) is 28.7 Å². The summed E-state index contributed by atoms with van der Waals surface area (Å²) in [5.41, 5.74) is 3.13. The normalized spacial score (nSPS) is 27.8. The van der Waals surface area contributed by atoms with Crippen LogP contribution in [0.1, 0.15) is 37.8 Å². The molecule has 1 saturated carbocycles. The lowest BCUT2D eigenvalue weighted by Gasteiger charge is -2.24. The number of anilines is 1. The SMILES string of the molecule is Cc1cc2cc(NC(=O)C3CC4CCCCC4N3)ccc2[nH]1. The van der Waals surface area contributed by atoms with Gasteiger partial charge >= 0.3 is 0 Å². The van der Waals surface area contributed by atoms with Crippen LogP contribution in [0.4, 0.5) is 5.69 Å². The van der Waals surface area contributed by atoms with Crippen LogP contribution in [-0.4, -0.2) is 23.0 Å². The Morgan fingerprint density at radius 3 is 2.95 bits per heavy atom. The molecule has 4 nitrogen and oxygen atoms in total. The first-order chi connectivity index (χ1) is 10.7. The quantitative estimate of drug-likeness (QED) is 0.796. The van der Waals surface area contributed by atoms with Crippen LogP contribution in [0.2, 0.25) is 0 Å². The number of aromatic nitrogens is 1. The Balaban J connectivity index is 1.46. The van der Waals surface area contributed by atoms with Crippen LogP contribution >= 0.6 is 0 Å². The lowest BCUT2D eigenvalue weighted by Crippen LogP contribution is -2.39. The van der Waals surface area contributed by atoms with Crippen molar-refractivity contribution < 1.29 is 4.79 Å². The Labute approximate surface area is 130 Å². The molecule has 1 aliphatic heterocycles. The number of aromatic amines is 1. The number of rotatable bonds is 2. The summed E-state index contributed by atoms with van der Waals surface area (Å²) in [6.45, 7) is 2.04. The summed E-state index contributed by atoms with van der Waals surface area (Å²) in [6, 6.07) is 8.67. The van der Waals surface area contributed by atoms with Crippen LogP contribution in [0.25, 0.3) is 10.9 Å². The zero-order valence-electron chi connectivity index (χ0n) is 13.0. The second-order valence-electron chi connectivity index (χ2n) is 6.85. The van der Waals surface area contributed by atoms with Crippen LogP contribution in [0.15, 0.2) is 24.3 Å². The third kappa shape index (κ3) is 2.52. The monoisotopic (exact) mass is 297 g/mol. The van der Waals surface area contributed by atoms with Gasteiger partial charge in [0.15, 0.2) is 0 Å². The highest BCUT2D eigenvalue weighted by Gasteiger charge is 2.38. The molecule has 0 radical (unpaired) electrons. The molecule has 4 heteroatoms. The minimum atomic E-state index is -0.0308. The van der Waals surface area contributed by atoms with Crippen molar-refractivity contribution in [1.82, 2.24) is 10.3 Å². The van der Waals surface area contributed by atoms with E-state index in [1.54, 1.807) is 0 Å². The standard InChI is InChI=1S/C18H23N3O/c1-11-8-13-9-14(6-7-16(13)19-11)20-18(22)17-10-12-4-2-3-5-15(12)21-17/h6-9,12,15,17,19,21H,2-5,10H2,1H3,(H,20,22). The maximum Gasteiger partial charge on any atom is 0.241 e. The summed E-state index contributed by atoms with van der Waals surface area (Å²) in [6.07, 6.45) is 6.10. The molecule has 2 fully saturated rings. The maximum absolute atomic E-state index is 12.5. The molecule has 1 aliphatic carbocycles. The van der Waals surface area contributed by atoms with E-state index in [1.165, 1.54) is 25.7 Å². The van der Waals surface area contributed by atoms with Gasteiger partial charge < -0.3 is 15.6 Å². The van der Waals surface area contributed by atoms with E-state index >= 15 is 0 Å². The Bertz CT molecular complexity index is 691. The number of nitrogens with one attached hydrogen (secondary N) is 3. The van der Waals surface area contributed by atoms with Crippen LogP contribution in [0, 0.1) is 12.8 Å². The van der Waals surface area contributed by atoms with Crippen LogP contribution in [0.3, 0.4) is 0 Å². The molecule has 1 aromatic carbocycles. The number of hydrogen-bond acceptors (Lipinski definition) is 2. The van der Waals surface area contributed by atoms with Gasteiger partial charge in [-0.2, -0.15) is 0 Å². The molecule has 1 aromatic heterocycles. The fraction of sp³-hybridized carbons (Fsp3) is 0.500. The summed E-state index contributed by atoms with van der Waals surface area (Å²) in [7, 11) is 0. The Hall–Kier alpha value is -1.81. The topological polar surface area (TPSA) is 56.9 Å². The molecular weight excluding hydrogens is 274 g/mol. The second kappa shape index (κ2) is 5.43. The van der Waals surface area contributed by atoms with Crippen molar-refractivity contribution in [1.29, 1.82) is 0 Å². The minimum Gasteiger partial charge on any atom is -0.359 e. The highest BCUT2D eigenvalue weighted by molar-refractivity contribution is 5.97. The number of H-pyrrole nitrogens is 1. The average molecular weight is 297 g/mol. The highest BCUT2D eigenvalue weighted by atomic mass is 16.2. The van der Waals surface area contributed by atoms with Gasteiger partial charge in [0.25, 0.3) is 0 Å². The van der Waals surface area contributed by atoms with E-state index in [4.69, 9.17) is 0 Å². The van der Waals surface area contributed by atoms with Gasteiger partial charge in [-0.3, -0.25) is 4.79 Å². The molecular formula is C18H23N3O. The predicted molar refractivity (Wildman–Crippen MR) is 89.0 cm³/mol. The van der Waals surface area contributed by atoms with Gasteiger partial charge in [-0.1, -0.05) is 12.8 Å². The van der Waals surface area contributed by atoms with E-state index in [1.807, 2.05) is 25.1 Å². The molecule has 2 aliphatic rings. The molecule has 3 atom stereocenters. The molecule has 1 amide bonds. The van der Waals surface area contributed by atoms with E-state index in [2.05, 4.69) is 21.7 Å². The molecule has 2 aromatic rings. The first-order valence-corrected chi connectivity index (χ1v) is 8.35. The van der Waals surface area contributed by atoms with Crippen molar-refractivity contribution in [2.75, 3.05) is 5.32 Å². The summed E-state index contributed by atoms with van der Waals surface area (Å²) in [4.78, 5) is 15.8. The van der Waals surface area contributed by atoms with E-state index < -0.39 is 0 Å². The van der Waals surface area contributed by atoms with E-state index in [-0.39, 0.29) is 11.9 Å². The van der Waals surface area contributed by atoms with Crippen molar-refractivity contribution >= 4 is 22.5 Å². The predicted octanol–water partition coefficient (Wildman–Crippen LogP) is 3.34. The summed E-state index contributed by atoms with van der Waals surface area (Å²) in [5.74, 6) is 0.806. The average Bonchev–Trinajstić information content (AvgIpc) is 3.08. The first-order valence-electron chi connectivity index (χ1n) is 8.35. The van der Waals surface area contributed by atoms with Gasteiger partial charge in [-0.15, -0.1) is 0 Å². The molecule has 0 spiro atoms. The van der Waals surface area contributed by atoms with E-state index in [0.29, 0.717) is 12.0 Å². The molecule has 2 heterocycles. The minimum absolute atomic E-state index is 0.0308. The third-order valence-corrected chi connectivity index (χ3v) is 5.20. The smallest absolute Gasteiger partial charge is 0.241 e. The summed E-state index contributed by atoms with van der Waals surface area (Å²) < 4.78 is 0. The largest absolute Gasteiger partial charge is 0.359 e. The third-order valence-electron chi connectivity index (χ3n) is 5.20. The summed E-state index contributed by atoms with van der Waals surface area (Å²) in [5, 5.41) is 7.76. The molecule has 3 unspecified atom stereocenters. The molecule has 3 N–H and O–H groups in total. The van der Waals surface area contributed by atoms with Gasteiger partial charge in [0.05, 0.1) is 6.04 Å². The Morgan fingerprint density at radius 1 is 1.23 bits per heavy atom. The molecule has 0 bridgehead atoms. The zero-order chi connectivity index (χ0) is 15.1. The highest BCUT2D eigenvalue weighted by Crippen LogP contribution is 2.33. The fourth-order valence-corrected chi connectivity index (χ4v) is 4.11. The van der Waals surface area contributed by atoms with Crippen LogP contribution < -0.4 is 10.6 Å². The zero-order valence-corrected chi connectivity index (χ0v) is 13.0. The van der Waals surface area contributed by atoms with Gasteiger partial charge in [0.1, 0.15) is 0 Å². The molecule has 4 rings (SSSR count). The number of amides is 1. The fourth-order valence-electron chi connectivity index (χ4n) is 4.11. The van der Waals surface area contributed by atoms with Gasteiger partial charge in [0, 0.05) is 28.3 Å². The van der Waals surface area contributed by atoms with Crippen molar-refractivity contribution in [3.8, 4) is 0 Å². The van der Waals surface area contributed by atoms with Crippen molar-refractivity contribution in [2.24, 2.45) is 5.92 Å². The lowest BCUT2D eigenvalue weighted by molar-refractivity contribution is -0.117. The summed E-state index contributed by atoms with van der Waals surface area (Å²) >= 11 is 0. The van der Waals surface area contributed by atoms with E-state index in [9.17, 15) is 4.79 Å².